The van der Waals surface area contributed by atoms with Crippen LogP contribution in [0.3, 0.4) is 0 Å². The molecule has 3 nitrogen and oxygen atoms in total. The molecule has 1 aromatic heterocycles. The minimum Gasteiger partial charge on any atom is -0.352 e. The third-order valence-corrected chi connectivity index (χ3v) is 1.44. The van der Waals surface area contributed by atoms with Crippen molar-refractivity contribution in [3.63, 3.8) is 0 Å². The van der Waals surface area contributed by atoms with E-state index in [2.05, 4.69) is 9.68 Å². The third kappa shape index (κ3) is 2.20. The number of carbonyl (C=O) groups excluding carboxylic acids is 1. The largest absolute Gasteiger partial charge is 0.352 e. The minimum atomic E-state index is -0.181. The van der Waals surface area contributed by atoms with E-state index in [1.54, 1.807) is 0 Å². The fourth-order valence-corrected chi connectivity index (χ4v) is 0.899. The van der Waals surface area contributed by atoms with Gasteiger partial charge in [-0.15, -0.1) is 11.6 Å². The van der Waals surface area contributed by atoms with Crippen molar-refractivity contribution in [1.29, 1.82) is 0 Å². The number of nitrogens with zero attached hydrogens (tertiary/aromatic N) is 1. The summed E-state index contributed by atoms with van der Waals surface area (Å²) in [5, 5.41) is 3.53. The molecule has 0 aromatic carbocycles. The molecule has 60 valence electrons. The number of carbonyl (C=O) groups is 1. The van der Waals surface area contributed by atoms with E-state index in [4.69, 9.17) is 23.2 Å². The van der Waals surface area contributed by atoms with E-state index >= 15 is 0 Å². The van der Waals surface area contributed by atoms with Gasteiger partial charge in [-0.25, -0.2) is 0 Å². The molecule has 0 unspecified atom stereocenters. The van der Waals surface area contributed by atoms with Gasteiger partial charge in [-0.05, 0) is 0 Å². The van der Waals surface area contributed by atoms with Gasteiger partial charge < -0.3 is 4.52 Å². The smallest absolute Gasteiger partial charge is 0.204 e. The predicted molar refractivity (Wildman–Crippen MR) is 41.2 cm³/mol. The van der Waals surface area contributed by atoms with Crippen LogP contribution in [0.25, 0.3) is 0 Å². The first-order valence-electron chi connectivity index (χ1n) is 2.95. The molecular formula is C6H5Cl2NO2. The summed E-state index contributed by atoms with van der Waals surface area (Å²) >= 11 is 10.8. The van der Waals surface area contributed by atoms with Gasteiger partial charge in [0, 0.05) is 18.4 Å². The third-order valence-electron chi connectivity index (χ3n) is 1.08. The number of Topliss-reactive ketones (excluding diaryl/α,β-unsaturated/α-hetero) is 1. The highest BCUT2D eigenvalue weighted by atomic mass is 35.5. The van der Waals surface area contributed by atoms with Gasteiger partial charge in [-0.2, -0.15) is 0 Å². The van der Waals surface area contributed by atoms with Crippen LogP contribution < -0.4 is 0 Å². The molecule has 0 N–H and O–H groups in total. The summed E-state index contributed by atoms with van der Waals surface area (Å²) in [6.45, 7) is 0. The van der Waals surface area contributed by atoms with Crippen LogP contribution in [0, 0.1) is 0 Å². The molecule has 1 aromatic rings. The van der Waals surface area contributed by atoms with Crippen molar-refractivity contribution in [2.75, 3.05) is 5.88 Å². The standard InChI is InChI=1S/C6H5Cl2NO2/c7-2-1-4(10)5-3-6(8)9-11-5/h3H,1-2H2. The minimum absolute atomic E-state index is 0.163. The molecule has 0 aliphatic rings. The van der Waals surface area contributed by atoms with E-state index in [0.717, 1.165) is 0 Å². The molecule has 0 amide bonds. The molecule has 1 heterocycles. The van der Waals surface area contributed by atoms with Crippen LogP contribution in [-0.4, -0.2) is 16.8 Å². The van der Waals surface area contributed by atoms with E-state index < -0.39 is 0 Å². The lowest BCUT2D eigenvalue weighted by atomic mass is 10.2. The summed E-state index contributed by atoms with van der Waals surface area (Å²) in [4.78, 5) is 11.0. The quantitative estimate of drug-likeness (QED) is 0.546. The van der Waals surface area contributed by atoms with Crippen LogP contribution in [0.5, 0.6) is 0 Å². The van der Waals surface area contributed by atoms with Crippen LogP contribution >= 0.6 is 23.2 Å². The van der Waals surface area contributed by atoms with E-state index in [-0.39, 0.29) is 29.0 Å². The first-order chi connectivity index (χ1) is 5.24. The molecule has 0 aliphatic heterocycles. The lowest BCUT2D eigenvalue weighted by molar-refractivity contribution is 0.0953. The van der Waals surface area contributed by atoms with Crippen molar-refractivity contribution in [3.05, 3.63) is 17.0 Å². The van der Waals surface area contributed by atoms with Crippen LogP contribution in [0.4, 0.5) is 0 Å². The summed E-state index contributed by atoms with van der Waals surface area (Å²) < 4.78 is 4.59. The second kappa shape index (κ2) is 3.74. The van der Waals surface area contributed by atoms with Gasteiger partial charge in [0.25, 0.3) is 0 Å². The van der Waals surface area contributed by atoms with Gasteiger partial charge in [0.2, 0.25) is 11.5 Å². The molecular weight excluding hydrogens is 189 g/mol. The van der Waals surface area contributed by atoms with Gasteiger partial charge >= 0.3 is 0 Å². The van der Waals surface area contributed by atoms with Gasteiger partial charge in [-0.1, -0.05) is 16.8 Å². The molecule has 0 aliphatic carbocycles. The van der Waals surface area contributed by atoms with Crippen molar-refractivity contribution in [2.45, 2.75) is 6.42 Å². The second-order valence-electron chi connectivity index (χ2n) is 1.88. The Morgan fingerprint density at radius 3 is 2.91 bits per heavy atom. The van der Waals surface area contributed by atoms with Crippen molar-refractivity contribution in [3.8, 4) is 0 Å². The Hall–Kier alpha value is -0.540. The summed E-state index contributed by atoms with van der Waals surface area (Å²) in [5.74, 6) is 0.256. The monoisotopic (exact) mass is 193 g/mol. The number of aromatic nitrogens is 1. The zero-order chi connectivity index (χ0) is 8.27. The van der Waals surface area contributed by atoms with E-state index in [1.807, 2.05) is 0 Å². The Kier molecular flexibility index (Phi) is 2.91. The van der Waals surface area contributed by atoms with Gasteiger partial charge in [0.1, 0.15) is 0 Å². The second-order valence-corrected chi connectivity index (χ2v) is 2.64. The molecule has 0 radical (unpaired) electrons. The maximum absolute atomic E-state index is 11.0. The van der Waals surface area contributed by atoms with Crippen LogP contribution in [-0.2, 0) is 0 Å². The van der Waals surface area contributed by atoms with Crippen LogP contribution in [0.1, 0.15) is 17.0 Å². The normalized spacial score (nSPS) is 10.0. The number of alkyl halides is 1. The highest BCUT2D eigenvalue weighted by Crippen LogP contribution is 2.10. The summed E-state index contributed by atoms with van der Waals surface area (Å²) in [6, 6.07) is 1.37. The molecule has 0 saturated carbocycles. The lowest BCUT2D eigenvalue weighted by Crippen LogP contribution is -1.96. The summed E-state index contributed by atoms with van der Waals surface area (Å²) in [5.41, 5.74) is 0. The summed E-state index contributed by atoms with van der Waals surface area (Å²) in [6.07, 6.45) is 0.243. The Morgan fingerprint density at radius 2 is 2.45 bits per heavy atom. The van der Waals surface area contributed by atoms with Crippen molar-refractivity contribution < 1.29 is 9.32 Å². The Bertz CT molecular complexity index is 259. The molecule has 0 spiro atoms. The van der Waals surface area contributed by atoms with E-state index in [9.17, 15) is 4.79 Å². The first kappa shape index (κ1) is 8.56. The Morgan fingerprint density at radius 1 is 1.73 bits per heavy atom. The summed E-state index contributed by atoms with van der Waals surface area (Å²) in [7, 11) is 0. The molecule has 0 atom stereocenters. The van der Waals surface area contributed by atoms with Gasteiger partial charge in [-0.3, -0.25) is 4.79 Å². The molecule has 0 saturated heterocycles. The molecule has 0 fully saturated rings. The Labute approximate surface area is 73.3 Å². The van der Waals surface area contributed by atoms with E-state index in [0.29, 0.717) is 0 Å². The van der Waals surface area contributed by atoms with Gasteiger partial charge in [0.15, 0.2) is 5.15 Å². The maximum atomic E-state index is 11.0. The average molecular weight is 194 g/mol. The average Bonchev–Trinajstić information content (AvgIpc) is 2.36. The fraction of sp³-hybridized carbons (Fsp3) is 0.333. The molecule has 0 bridgehead atoms. The number of hydrogen-bond acceptors (Lipinski definition) is 3. The SMILES string of the molecule is O=C(CCCl)c1cc(Cl)no1. The molecule has 11 heavy (non-hydrogen) atoms. The van der Waals surface area contributed by atoms with E-state index in [1.165, 1.54) is 6.07 Å². The van der Waals surface area contributed by atoms with Crippen molar-refractivity contribution in [2.24, 2.45) is 0 Å². The molecule has 5 heteroatoms. The van der Waals surface area contributed by atoms with Crippen molar-refractivity contribution in [1.82, 2.24) is 5.16 Å². The number of halogens is 2. The predicted octanol–water partition coefficient (Wildman–Crippen LogP) is 2.14. The number of rotatable bonds is 3. The maximum Gasteiger partial charge on any atom is 0.204 e. The number of ketones is 1. The highest BCUT2D eigenvalue weighted by Gasteiger charge is 2.10. The lowest BCUT2D eigenvalue weighted by Gasteiger charge is -1.87. The zero-order valence-electron chi connectivity index (χ0n) is 5.51. The van der Waals surface area contributed by atoms with Crippen LogP contribution in [0.15, 0.2) is 10.6 Å². The Balaban J connectivity index is 2.69. The first-order valence-corrected chi connectivity index (χ1v) is 3.86. The van der Waals surface area contributed by atoms with Gasteiger partial charge in [0.05, 0.1) is 0 Å². The zero-order valence-corrected chi connectivity index (χ0v) is 7.02. The number of hydrogen-bond donors (Lipinski definition) is 0. The topological polar surface area (TPSA) is 43.1 Å². The molecule has 1 rings (SSSR count). The highest BCUT2D eigenvalue weighted by molar-refractivity contribution is 6.29. The fourth-order valence-electron chi connectivity index (χ4n) is 0.594. The van der Waals surface area contributed by atoms with Crippen molar-refractivity contribution >= 4 is 29.0 Å². The van der Waals surface area contributed by atoms with Crippen LogP contribution in [0.2, 0.25) is 5.15 Å².